The molecule has 0 amide bonds. The molecule has 0 spiro atoms. The number of aryl methyl sites for hydroxylation is 1. The van der Waals surface area contributed by atoms with Crippen molar-refractivity contribution in [1.29, 1.82) is 0 Å². The SMILES string of the molecule is Cc1ccc(Oc2nc(Cl)c(C(=O)O)s2)cc1F. The number of benzene rings is 1. The third-order valence-electron chi connectivity index (χ3n) is 2.11. The molecule has 0 aliphatic heterocycles. The number of thiazole rings is 1. The second-order valence-corrected chi connectivity index (χ2v) is 4.74. The number of aromatic carboxylic acids is 1. The maximum Gasteiger partial charge on any atom is 0.349 e. The smallest absolute Gasteiger partial charge is 0.349 e. The lowest BCUT2D eigenvalue weighted by Gasteiger charge is -2.02. The summed E-state index contributed by atoms with van der Waals surface area (Å²) < 4.78 is 18.5. The molecule has 0 fully saturated rings. The van der Waals surface area contributed by atoms with E-state index in [0.717, 1.165) is 11.3 Å². The van der Waals surface area contributed by atoms with Crippen molar-refractivity contribution in [3.05, 3.63) is 39.6 Å². The Morgan fingerprint density at radius 3 is 2.83 bits per heavy atom. The van der Waals surface area contributed by atoms with Crippen LogP contribution in [0.5, 0.6) is 10.9 Å². The van der Waals surface area contributed by atoms with E-state index in [-0.39, 0.29) is 21.0 Å². The van der Waals surface area contributed by atoms with Crippen LogP contribution in [0.4, 0.5) is 4.39 Å². The van der Waals surface area contributed by atoms with Crippen LogP contribution in [0.3, 0.4) is 0 Å². The number of carboxylic acid groups (broad SMARTS) is 1. The van der Waals surface area contributed by atoms with Gasteiger partial charge < -0.3 is 9.84 Å². The van der Waals surface area contributed by atoms with Crippen LogP contribution in [0.1, 0.15) is 15.2 Å². The Morgan fingerprint density at radius 2 is 2.28 bits per heavy atom. The molecule has 0 atom stereocenters. The molecule has 0 saturated carbocycles. The molecule has 4 nitrogen and oxygen atoms in total. The number of hydrogen-bond acceptors (Lipinski definition) is 4. The molecule has 1 N–H and O–H groups in total. The van der Waals surface area contributed by atoms with E-state index in [1.54, 1.807) is 19.1 Å². The quantitative estimate of drug-likeness (QED) is 0.934. The number of carboxylic acids is 1. The first-order valence-electron chi connectivity index (χ1n) is 4.81. The third-order valence-corrected chi connectivity index (χ3v) is 3.42. The van der Waals surface area contributed by atoms with Gasteiger partial charge in [0.15, 0.2) is 10.0 Å². The highest BCUT2D eigenvalue weighted by molar-refractivity contribution is 7.15. The van der Waals surface area contributed by atoms with E-state index in [0.29, 0.717) is 5.56 Å². The van der Waals surface area contributed by atoms with Crippen molar-refractivity contribution in [1.82, 2.24) is 4.98 Å². The van der Waals surface area contributed by atoms with Crippen LogP contribution in [-0.2, 0) is 0 Å². The molecule has 94 valence electrons. The lowest BCUT2D eigenvalue weighted by Crippen LogP contribution is -1.91. The van der Waals surface area contributed by atoms with Gasteiger partial charge in [0.2, 0.25) is 0 Å². The number of nitrogens with zero attached hydrogens (tertiary/aromatic N) is 1. The van der Waals surface area contributed by atoms with Gasteiger partial charge in [0.05, 0.1) is 0 Å². The summed E-state index contributed by atoms with van der Waals surface area (Å²) >= 11 is 6.41. The maximum absolute atomic E-state index is 13.3. The van der Waals surface area contributed by atoms with Gasteiger partial charge in [-0.15, -0.1) is 0 Å². The Kier molecular flexibility index (Phi) is 3.49. The fourth-order valence-corrected chi connectivity index (χ4v) is 2.19. The van der Waals surface area contributed by atoms with Crippen LogP contribution in [0.15, 0.2) is 18.2 Å². The number of halogens is 2. The van der Waals surface area contributed by atoms with Crippen LogP contribution in [0.2, 0.25) is 5.15 Å². The highest BCUT2D eigenvalue weighted by Gasteiger charge is 2.17. The predicted molar refractivity (Wildman–Crippen MR) is 65.3 cm³/mol. The molecule has 0 unspecified atom stereocenters. The van der Waals surface area contributed by atoms with Crippen molar-refractivity contribution in [3.63, 3.8) is 0 Å². The van der Waals surface area contributed by atoms with Gasteiger partial charge in [-0.25, -0.2) is 9.18 Å². The van der Waals surface area contributed by atoms with Crippen LogP contribution >= 0.6 is 22.9 Å². The largest absolute Gasteiger partial charge is 0.477 e. The van der Waals surface area contributed by atoms with Gasteiger partial charge >= 0.3 is 5.97 Å². The summed E-state index contributed by atoms with van der Waals surface area (Å²) in [5.74, 6) is -1.35. The Bertz CT molecular complexity index is 614. The van der Waals surface area contributed by atoms with E-state index in [4.69, 9.17) is 21.4 Å². The molecule has 1 heterocycles. The molecule has 2 aromatic rings. The van der Waals surface area contributed by atoms with E-state index < -0.39 is 11.8 Å². The van der Waals surface area contributed by atoms with E-state index in [2.05, 4.69) is 4.98 Å². The summed E-state index contributed by atoms with van der Waals surface area (Å²) in [7, 11) is 0. The van der Waals surface area contributed by atoms with Crippen LogP contribution in [-0.4, -0.2) is 16.1 Å². The fourth-order valence-electron chi connectivity index (χ4n) is 1.20. The third kappa shape index (κ3) is 2.60. The minimum absolute atomic E-state index is 0.0562. The minimum Gasteiger partial charge on any atom is -0.477 e. The maximum atomic E-state index is 13.3. The van der Waals surface area contributed by atoms with Crippen LogP contribution in [0.25, 0.3) is 0 Å². The number of rotatable bonds is 3. The van der Waals surface area contributed by atoms with Gasteiger partial charge in [-0.1, -0.05) is 29.0 Å². The van der Waals surface area contributed by atoms with Crippen molar-refractivity contribution in [3.8, 4) is 10.9 Å². The highest BCUT2D eigenvalue weighted by Crippen LogP contribution is 2.32. The lowest BCUT2D eigenvalue weighted by molar-refractivity contribution is 0.0702. The molecule has 7 heteroatoms. The van der Waals surface area contributed by atoms with Gasteiger partial charge in [0.25, 0.3) is 5.19 Å². The van der Waals surface area contributed by atoms with Crippen molar-refractivity contribution in [2.75, 3.05) is 0 Å². The summed E-state index contributed by atoms with van der Waals surface area (Å²) in [4.78, 5) is 14.4. The molecule has 1 aromatic carbocycles. The summed E-state index contributed by atoms with van der Waals surface area (Å²) in [6.07, 6.45) is 0. The average molecular weight is 288 g/mol. The summed E-state index contributed by atoms with van der Waals surface area (Å²) in [5.41, 5.74) is 0.491. The molecule has 0 radical (unpaired) electrons. The van der Waals surface area contributed by atoms with Gasteiger partial charge in [-0.3, -0.25) is 0 Å². The number of hydrogen-bond donors (Lipinski definition) is 1. The second kappa shape index (κ2) is 4.91. The molecular weight excluding hydrogens is 281 g/mol. The Morgan fingerprint density at radius 1 is 1.56 bits per heavy atom. The predicted octanol–water partition coefficient (Wildman–Crippen LogP) is 3.73. The Labute approximate surface area is 111 Å². The molecule has 2 rings (SSSR count). The van der Waals surface area contributed by atoms with E-state index in [1.807, 2.05) is 0 Å². The van der Waals surface area contributed by atoms with Crippen molar-refractivity contribution in [2.24, 2.45) is 0 Å². The van der Waals surface area contributed by atoms with E-state index in [9.17, 15) is 9.18 Å². The molecule has 18 heavy (non-hydrogen) atoms. The summed E-state index contributed by atoms with van der Waals surface area (Å²) in [6.45, 7) is 1.63. The second-order valence-electron chi connectivity index (χ2n) is 3.42. The zero-order chi connectivity index (χ0) is 13.3. The van der Waals surface area contributed by atoms with Crippen molar-refractivity contribution < 1.29 is 19.0 Å². The normalized spacial score (nSPS) is 10.4. The van der Waals surface area contributed by atoms with Crippen molar-refractivity contribution >= 4 is 28.9 Å². The first kappa shape index (κ1) is 12.8. The summed E-state index contributed by atoms with van der Waals surface area (Å²) in [5, 5.41) is 8.71. The monoisotopic (exact) mass is 287 g/mol. The Balaban J connectivity index is 2.26. The fraction of sp³-hybridized carbons (Fsp3) is 0.0909. The molecule has 1 aromatic heterocycles. The van der Waals surface area contributed by atoms with Gasteiger partial charge in [-0.2, -0.15) is 4.98 Å². The van der Waals surface area contributed by atoms with Crippen LogP contribution < -0.4 is 4.74 Å². The van der Waals surface area contributed by atoms with Gasteiger partial charge in [-0.05, 0) is 18.6 Å². The van der Waals surface area contributed by atoms with Crippen LogP contribution in [0, 0.1) is 12.7 Å². The van der Waals surface area contributed by atoms with Gasteiger partial charge in [0, 0.05) is 6.07 Å². The summed E-state index contributed by atoms with van der Waals surface area (Å²) in [6, 6.07) is 4.32. The standard InChI is InChI=1S/C11H7ClFNO3S/c1-5-2-3-6(4-7(5)13)17-11-14-9(12)8(18-11)10(15)16/h2-4H,1H3,(H,15,16). The molecule has 0 bridgehead atoms. The zero-order valence-electron chi connectivity index (χ0n) is 9.11. The topological polar surface area (TPSA) is 59.4 Å². The number of carbonyl (C=O) groups is 1. The lowest BCUT2D eigenvalue weighted by atomic mass is 10.2. The van der Waals surface area contributed by atoms with E-state index >= 15 is 0 Å². The number of ether oxygens (including phenoxy) is 1. The highest BCUT2D eigenvalue weighted by atomic mass is 35.5. The molecular formula is C11H7ClFNO3S. The van der Waals surface area contributed by atoms with Crippen molar-refractivity contribution in [2.45, 2.75) is 6.92 Å². The molecule has 0 aliphatic rings. The average Bonchev–Trinajstić information content (AvgIpc) is 2.65. The molecule has 0 saturated heterocycles. The number of aromatic nitrogens is 1. The van der Waals surface area contributed by atoms with E-state index in [1.165, 1.54) is 6.07 Å². The molecule has 0 aliphatic carbocycles. The first-order valence-corrected chi connectivity index (χ1v) is 6.00. The van der Waals surface area contributed by atoms with Gasteiger partial charge in [0.1, 0.15) is 11.6 Å². The zero-order valence-corrected chi connectivity index (χ0v) is 10.7. The Hall–Kier alpha value is -1.66. The first-order chi connectivity index (χ1) is 8.47. The minimum atomic E-state index is -1.18.